The molecular formula is C21H24N2O3. The van der Waals surface area contributed by atoms with Crippen LogP contribution in [-0.4, -0.2) is 31.8 Å². The van der Waals surface area contributed by atoms with Crippen molar-refractivity contribution in [2.45, 2.75) is 30.8 Å². The fraction of sp³-hybridized carbons (Fsp3) is 0.381. The summed E-state index contributed by atoms with van der Waals surface area (Å²) in [7, 11) is 0. The van der Waals surface area contributed by atoms with E-state index in [1.807, 2.05) is 30.3 Å². The van der Waals surface area contributed by atoms with E-state index in [1.54, 1.807) is 0 Å². The van der Waals surface area contributed by atoms with Gasteiger partial charge in [0.1, 0.15) is 6.61 Å². The number of nitrogens with one attached hydrogen (secondary N) is 2. The average molecular weight is 352 g/mol. The summed E-state index contributed by atoms with van der Waals surface area (Å²) in [6.45, 7) is 1.51. The molecule has 5 nitrogen and oxygen atoms in total. The van der Waals surface area contributed by atoms with Gasteiger partial charge >= 0.3 is 6.03 Å². The van der Waals surface area contributed by atoms with Gasteiger partial charge < -0.3 is 20.1 Å². The maximum Gasteiger partial charge on any atom is 0.314 e. The Morgan fingerprint density at radius 1 is 1.00 bits per heavy atom. The number of benzene rings is 2. The first-order valence-electron chi connectivity index (χ1n) is 9.21. The molecule has 1 fully saturated rings. The number of amides is 2. The van der Waals surface area contributed by atoms with E-state index >= 15 is 0 Å². The molecule has 0 spiro atoms. The zero-order valence-corrected chi connectivity index (χ0v) is 14.7. The highest BCUT2D eigenvalue weighted by Gasteiger charge is 2.38. The summed E-state index contributed by atoms with van der Waals surface area (Å²) in [6, 6.07) is 17.9. The molecule has 4 rings (SSSR count). The van der Waals surface area contributed by atoms with Crippen molar-refractivity contribution in [2.75, 3.05) is 19.7 Å². The smallest absolute Gasteiger partial charge is 0.314 e. The van der Waals surface area contributed by atoms with Gasteiger partial charge in [-0.05, 0) is 30.5 Å². The van der Waals surface area contributed by atoms with Crippen LogP contribution >= 0.6 is 0 Å². The summed E-state index contributed by atoms with van der Waals surface area (Å²) < 4.78 is 11.5. The molecule has 2 aromatic rings. The van der Waals surface area contributed by atoms with Gasteiger partial charge in [0.05, 0.1) is 6.54 Å². The Hall–Kier alpha value is -2.69. The van der Waals surface area contributed by atoms with Crippen LogP contribution < -0.4 is 20.1 Å². The quantitative estimate of drug-likeness (QED) is 0.868. The standard InChI is InChI=1S/C21H24N2O3/c24-20(22-13-17-14-25-18-9-4-5-10-19(18)26-17)23-15-21(11-6-12-21)16-7-2-1-3-8-16/h1-5,7-10,17H,6,11-15H2,(H2,22,23,24). The monoisotopic (exact) mass is 352 g/mol. The number of hydrogen-bond acceptors (Lipinski definition) is 3. The summed E-state index contributed by atoms with van der Waals surface area (Å²) in [5, 5.41) is 5.94. The van der Waals surface area contributed by atoms with Crippen LogP contribution in [0.1, 0.15) is 24.8 Å². The lowest BCUT2D eigenvalue weighted by Gasteiger charge is -2.42. The number of carbonyl (C=O) groups is 1. The van der Waals surface area contributed by atoms with Gasteiger partial charge in [-0.3, -0.25) is 0 Å². The van der Waals surface area contributed by atoms with E-state index in [0.717, 1.165) is 24.3 Å². The van der Waals surface area contributed by atoms with Crippen molar-refractivity contribution in [1.82, 2.24) is 10.6 Å². The van der Waals surface area contributed by atoms with Gasteiger partial charge in [0.15, 0.2) is 17.6 Å². The highest BCUT2D eigenvalue weighted by Crippen LogP contribution is 2.43. The van der Waals surface area contributed by atoms with Crippen LogP contribution in [0.15, 0.2) is 54.6 Å². The van der Waals surface area contributed by atoms with Gasteiger partial charge in [-0.15, -0.1) is 0 Å². The van der Waals surface area contributed by atoms with Crippen LogP contribution in [-0.2, 0) is 5.41 Å². The summed E-state index contributed by atoms with van der Waals surface area (Å²) in [5.74, 6) is 1.48. The fourth-order valence-electron chi connectivity index (χ4n) is 3.64. The summed E-state index contributed by atoms with van der Waals surface area (Å²) in [5.41, 5.74) is 1.40. The molecular weight excluding hydrogens is 328 g/mol. The molecule has 1 aliphatic carbocycles. The molecule has 2 N–H and O–H groups in total. The Bertz CT molecular complexity index is 759. The number of hydrogen-bond donors (Lipinski definition) is 2. The molecule has 0 saturated heterocycles. The number of ether oxygens (including phenoxy) is 2. The normalized spacial score (nSPS) is 19.9. The van der Waals surface area contributed by atoms with Gasteiger partial charge in [0.2, 0.25) is 0 Å². The highest BCUT2D eigenvalue weighted by molar-refractivity contribution is 5.74. The van der Waals surface area contributed by atoms with Crippen molar-refractivity contribution in [3.63, 3.8) is 0 Å². The fourth-order valence-corrected chi connectivity index (χ4v) is 3.64. The van der Waals surface area contributed by atoms with E-state index in [9.17, 15) is 4.79 Å². The molecule has 0 aromatic heterocycles. The Kier molecular flexibility index (Phi) is 4.69. The number of carbonyl (C=O) groups excluding carboxylic acids is 1. The van der Waals surface area contributed by atoms with Crippen LogP contribution in [0, 0.1) is 0 Å². The van der Waals surface area contributed by atoms with E-state index in [0.29, 0.717) is 19.7 Å². The second kappa shape index (κ2) is 7.28. The van der Waals surface area contributed by atoms with Gasteiger partial charge in [0.25, 0.3) is 0 Å². The molecule has 0 bridgehead atoms. The second-order valence-electron chi connectivity index (χ2n) is 7.06. The lowest BCUT2D eigenvalue weighted by molar-refractivity contribution is 0.0916. The molecule has 1 unspecified atom stereocenters. The van der Waals surface area contributed by atoms with Crippen LogP contribution in [0.4, 0.5) is 4.79 Å². The third-order valence-electron chi connectivity index (χ3n) is 5.34. The molecule has 1 saturated carbocycles. The Balaban J connectivity index is 1.26. The topological polar surface area (TPSA) is 59.6 Å². The average Bonchev–Trinajstić information content (AvgIpc) is 2.66. The van der Waals surface area contributed by atoms with Crippen molar-refractivity contribution in [2.24, 2.45) is 0 Å². The predicted octanol–water partition coefficient (Wildman–Crippen LogP) is 3.25. The van der Waals surface area contributed by atoms with Crippen LogP contribution in [0.2, 0.25) is 0 Å². The highest BCUT2D eigenvalue weighted by atomic mass is 16.6. The second-order valence-corrected chi connectivity index (χ2v) is 7.06. The van der Waals surface area contributed by atoms with Crippen molar-refractivity contribution < 1.29 is 14.3 Å². The van der Waals surface area contributed by atoms with Crippen molar-refractivity contribution in [1.29, 1.82) is 0 Å². The molecule has 1 atom stereocenters. The summed E-state index contributed by atoms with van der Waals surface area (Å²) in [6.07, 6.45) is 3.27. The van der Waals surface area contributed by atoms with Crippen LogP contribution in [0.5, 0.6) is 11.5 Å². The van der Waals surface area contributed by atoms with Crippen LogP contribution in [0.3, 0.4) is 0 Å². The molecule has 2 aromatic carbocycles. The molecule has 2 aliphatic rings. The van der Waals surface area contributed by atoms with Gasteiger partial charge in [-0.1, -0.05) is 48.9 Å². The lowest BCUT2D eigenvalue weighted by atomic mass is 9.64. The maximum atomic E-state index is 12.2. The first-order chi connectivity index (χ1) is 12.8. The summed E-state index contributed by atoms with van der Waals surface area (Å²) in [4.78, 5) is 12.2. The largest absolute Gasteiger partial charge is 0.486 e. The molecule has 1 aliphatic heterocycles. The predicted molar refractivity (Wildman–Crippen MR) is 99.7 cm³/mol. The molecule has 1 heterocycles. The van der Waals surface area contributed by atoms with Gasteiger partial charge in [-0.2, -0.15) is 0 Å². The zero-order valence-electron chi connectivity index (χ0n) is 14.7. The lowest BCUT2D eigenvalue weighted by Crippen LogP contribution is -2.50. The first kappa shape index (κ1) is 16.8. The minimum Gasteiger partial charge on any atom is -0.486 e. The molecule has 2 amide bonds. The maximum absolute atomic E-state index is 12.2. The Morgan fingerprint density at radius 2 is 1.73 bits per heavy atom. The van der Waals surface area contributed by atoms with Crippen LogP contribution in [0.25, 0.3) is 0 Å². The minimum atomic E-state index is -0.178. The van der Waals surface area contributed by atoms with Gasteiger partial charge in [0, 0.05) is 12.0 Å². The third-order valence-corrected chi connectivity index (χ3v) is 5.34. The van der Waals surface area contributed by atoms with E-state index < -0.39 is 0 Å². The van der Waals surface area contributed by atoms with E-state index in [-0.39, 0.29) is 17.6 Å². The van der Waals surface area contributed by atoms with E-state index in [2.05, 4.69) is 34.9 Å². The number of fused-ring (bicyclic) bond motifs is 1. The third kappa shape index (κ3) is 3.47. The van der Waals surface area contributed by atoms with Gasteiger partial charge in [-0.25, -0.2) is 4.79 Å². The zero-order chi connectivity index (χ0) is 17.8. The van der Waals surface area contributed by atoms with Crippen molar-refractivity contribution in [3.05, 3.63) is 60.2 Å². The van der Waals surface area contributed by atoms with Crippen molar-refractivity contribution in [3.8, 4) is 11.5 Å². The molecule has 0 radical (unpaired) electrons. The summed E-state index contributed by atoms with van der Waals surface area (Å²) >= 11 is 0. The SMILES string of the molecule is O=C(NCC1COc2ccccc2O1)NCC1(c2ccccc2)CCC1. The van der Waals surface area contributed by atoms with E-state index in [4.69, 9.17) is 9.47 Å². The first-order valence-corrected chi connectivity index (χ1v) is 9.21. The molecule has 136 valence electrons. The number of rotatable bonds is 5. The number of urea groups is 1. The van der Waals surface area contributed by atoms with E-state index in [1.165, 1.54) is 12.0 Å². The molecule has 26 heavy (non-hydrogen) atoms. The molecule has 5 heteroatoms. The van der Waals surface area contributed by atoms with Crippen molar-refractivity contribution >= 4 is 6.03 Å². The Morgan fingerprint density at radius 3 is 2.46 bits per heavy atom. The number of para-hydroxylation sites is 2. The Labute approximate surface area is 153 Å². The minimum absolute atomic E-state index is 0.0853.